The standard InChI is InChI=1S/C8H12N2O.C8H13N.C3H5I3.C3H6I.V/c1-3-6-4-5-7(8(9)11)10(6)2;1-4-8-6-5-7(2)9(8)3;1-2-3(4,5)6;1-2-3-4;/h1,6-7H,4-5H2,2H3,(H2,9,11);1,7-8H,5-6H2,2-3H3;2H2,1H3;3H,2H2,1H3;/q;;;-1;/t6-,7-;7-,8+;;;/m01.../s1. The van der Waals surface area contributed by atoms with Crippen LogP contribution in [0.5, 0.6) is 0 Å². The van der Waals surface area contributed by atoms with Crippen LogP contribution in [-0.4, -0.2) is 53.4 Å². The van der Waals surface area contributed by atoms with Crippen molar-refractivity contribution in [2.45, 2.75) is 82.9 Å². The number of hydrogen-bond acceptors (Lipinski definition) is 3. The zero-order valence-electron chi connectivity index (χ0n) is 19.1. The molecule has 2 aliphatic rings. The Hall–Kier alpha value is 2.01. The average molecular weight is 917 g/mol. The number of nitrogens with two attached hydrogens (primary N) is 1. The largest absolute Gasteiger partial charge is 0.368 e. The number of alkyl halides is 3. The van der Waals surface area contributed by atoms with E-state index in [1.54, 1.807) is 0 Å². The Morgan fingerprint density at radius 2 is 1.45 bits per heavy atom. The maximum atomic E-state index is 10.8. The van der Waals surface area contributed by atoms with Crippen LogP contribution < -0.4 is 5.73 Å². The van der Waals surface area contributed by atoms with Crippen LogP contribution in [-0.2, 0) is 23.4 Å². The van der Waals surface area contributed by atoms with Crippen molar-refractivity contribution in [1.29, 1.82) is 0 Å². The minimum Gasteiger partial charge on any atom is -0.368 e. The number of nitrogens with zero attached hydrogens (tertiary/aromatic N) is 2. The fraction of sp³-hybridized carbons (Fsp3) is 0.727. The minimum atomic E-state index is -0.273. The molecule has 2 N–H and O–H groups in total. The molecule has 1 amide bonds. The first-order valence-corrected chi connectivity index (χ1v) is 14.5. The molecule has 0 spiro atoms. The molecule has 9 heteroatoms. The van der Waals surface area contributed by atoms with Gasteiger partial charge in [0.25, 0.3) is 0 Å². The Kier molecular flexibility index (Phi) is 25.8. The van der Waals surface area contributed by atoms with Gasteiger partial charge in [0.05, 0.1) is 18.1 Å². The predicted molar refractivity (Wildman–Crippen MR) is 165 cm³/mol. The monoisotopic (exact) mass is 917 g/mol. The molecule has 2 aliphatic heterocycles. The molecule has 2 saturated heterocycles. The van der Waals surface area contributed by atoms with E-state index in [1.165, 1.54) is 25.7 Å². The number of primary amides is 1. The van der Waals surface area contributed by atoms with E-state index in [0.717, 1.165) is 12.8 Å². The molecule has 2 heterocycles. The van der Waals surface area contributed by atoms with Gasteiger partial charge in [-0.15, -0.1) is 12.8 Å². The van der Waals surface area contributed by atoms with Gasteiger partial charge in [-0.3, -0.25) is 19.0 Å². The molecule has 4 atom stereocenters. The van der Waals surface area contributed by atoms with Crippen LogP contribution in [0.1, 0.15) is 59.3 Å². The van der Waals surface area contributed by atoms with Crippen molar-refractivity contribution in [3.63, 3.8) is 0 Å². The second-order valence-corrected chi connectivity index (χ2v) is 19.7. The van der Waals surface area contributed by atoms with Crippen molar-refractivity contribution < 1.29 is 23.4 Å². The van der Waals surface area contributed by atoms with Crippen molar-refractivity contribution >= 4 is 96.3 Å². The van der Waals surface area contributed by atoms with Crippen LogP contribution in [0.3, 0.4) is 0 Å². The normalized spacial score (nSPS) is 25.1. The predicted octanol–water partition coefficient (Wildman–Crippen LogP) is 6.02. The van der Waals surface area contributed by atoms with Crippen LogP contribution in [0, 0.1) is 29.1 Å². The second-order valence-electron chi connectivity index (χ2n) is 7.15. The maximum absolute atomic E-state index is 10.8. The van der Waals surface area contributed by atoms with Crippen molar-refractivity contribution in [2.24, 2.45) is 5.73 Å². The van der Waals surface area contributed by atoms with Gasteiger partial charge in [0, 0.05) is 24.6 Å². The van der Waals surface area contributed by atoms with Gasteiger partial charge in [0.1, 0.15) is -0.565 Å². The zero-order valence-corrected chi connectivity index (χ0v) is 29.1. The van der Waals surface area contributed by atoms with Gasteiger partial charge in [0.2, 0.25) is 5.91 Å². The zero-order chi connectivity index (χ0) is 23.9. The summed E-state index contributed by atoms with van der Waals surface area (Å²) in [6, 6.07) is 1.02. The molecule has 0 aromatic carbocycles. The fourth-order valence-electron chi connectivity index (χ4n) is 2.80. The Bertz CT molecular complexity index is 558. The molecule has 0 aromatic rings. The third kappa shape index (κ3) is 18.0. The minimum absolute atomic E-state index is 0. The third-order valence-corrected chi connectivity index (χ3v) is 8.18. The Morgan fingerprint density at radius 3 is 1.61 bits per heavy atom. The average Bonchev–Trinajstić information content (AvgIpc) is 3.24. The summed E-state index contributed by atoms with van der Waals surface area (Å²) in [6.45, 7) is 6.52. The van der Waals surface area contributed by atoms with Crippen molar-refractivity contribution in [1.82, 2.24) is 9.80 Å². The topological polar surface area (TPSA) is 49.6 Å². The van der Waals surface area contributed by atoms with Gasteiger partial charge >= 0.3 is 0 Å². The number of likely N-dealkylation sites (N-methyl/N-ethyl adjacent to an activating group) is 1. The first-order valence-electron chi connectivity index (χ1n) is 10.0. The summed E-state index contributed by atoms with van der Waals surface area (Å²) in [5, 5.41) is 0. The number of carbonyl (C=O) groups excluding carboxylic acids is 1. The smallest absolute Gasteiger partial charge is 0.234 e. The third-order valence-electron chi connectivity index (χ3n) is 5.01. The molecule has 1 radical (unpaired) electrons. The summed E-state index contributed by atoms with van der Waals surface area (Å²) in [5.41, 5.74) is 5.16. The molecule has 31 heavy (non-hydrogen) atoms. The number of carbonyl (C=O) groups is 1. The first-order chi connectivity index (χ1) is 13.9. The van der Waals surface area contributed by atoms with Crippen LogP contribution >= 0.6 is 90.4 Å². The summed E-state index contributed by atoms with van der Waals surface area (Å²) in [7, 11) is 3.94. The van der Waals surface area contributed by atoms with Crippen LogP contribution in [0.2, 0.25) is 0 Å². The molecule has 0 unspecified atom stereocenters. The summed E-state index contributed by atoms with van der Waals surface area (Å²) in [5.74, 6) is 5.11. The van der Waals surface area contributed by atoms with Crippen LogP contribution in [0.15, 0.2) is 0 Å². The van der Waals surface area contributed by atoms with E-state index in [1.807, 2.05) is 11.9 Å². The number of halogens is 4. The molecule has 0 bridgehead atoms. The van der Waals surface area contributed by atoms with Gasteiger partial charge < -0.3 is 28.3 Å². The fourth-order valence-corrected chi connectivity index (χ4v) is 2.80. The number of hydrogen-bond donors (Lipinski definition) is 1. The van der Waals surface area contributed by atoms with Crippen LogP contribution in [0.25, 0.3) is 0 Å². The van der Waals surface area contributed by atoms with E-state index in [0.29, 0.717) is 11.5 Å². The summed E-state index contributed by atoms with van der Waals surface area (Å²) in [4.78, 5) is 14.9. The molecular weight excluding hydrogens is 881 g/mol. The number of amides is 1. The van der Waals surface area contributed by atoms with Gasteiger partial charge in [-0.2, -0.15) is 6.42 Å². The summed E-state index contributed by atoms with van der Waals surface area (Å²) >= 11 is 9.47. The quantitative estimate of drug-likeness (QED) is 0.164. The molecule has 0 saturated carbocycles. The summed E-state index contributed by atoms with van der Waals surface area (Å²) in [6.07, 6.45) is 17.0. The van der Waals surface area contributed by atoms with Crippen LogP contribution in [0.4, 0.5) is 0 Å². The van der Waals surface area contributed by atoms with E-state index in [4.69, 9.17) is 18.6 Å². The number of terminal acetylenes is 2. The number of rotatable bonds is 3. The number of likely N-dealkylation sites (tertiary alicyclic amines) is 2. The van der Waals surface area contributed by atoms with E-state index >= 15 is 0 Å². The van der Waals surface area contributed by atoms with Crippen molar-refractivity contribution in [3.05, 3.63) is 4.43 Å². The molecule has 179 valence electrons. The Labute approximate surface area is 257 Å². The maximum Gasteiger partial charge on any atom is 0.234 e. The van der Waals surface area contributed by atoms with E-state index < -0.39 is 0 Å². The van der Waals surface area contributed by atoms with E-state index in [9.17, 15) is 4.79 Å². The Morgan fingerprint density at radius 1 is 1.06 bits per heavy atom. The van der Waals surface area contributed by atoms with Gasteiger partial charge in [-0.1, -0.05) is 93.5 Å². The summed E-state index contributed by atoms with van der Waals surface area (Å²) < 4.78 is 2.55. The van der Waals surface area contributed by atoms with Crippen molar-refractivity contribution in [3.8, 4) is 24.7 Å². The van der Waals surface area contributed by atoms with Gasteiger partial charge in [-0.05, 0) is 53.1 Å². The molecule has 2 rings (SSSR count). The van der Waals surface area contributed by atoms with Gasteiger partial charge in [-0.25, -0.2) is 0 Å². The Balaban J connectivity index is -0.000000356. The van der Waals surface area contributed by atoms with E-state index in [-0.39, 0.29) is 36.5 Å². The van der Waals surface area contributed by atoms with Gasteiger partial charge in [0.15, 0.2) is 0 Å². The second kappa shape index (κ2) is 21.3. The molecule has 2 fully saturated rings. The SMILES string of the molecule is C#C[C@H]1CC[C@@H](C(N)=O)N1C.C#C[C@H]1CC[C@@H](C)N1C.CCC(I)(I)I.CC[CH-]I.[V]. The van der Waals surface area contributed by atoms with Crippen molar-refractivity contribution in [2.75, 3.05) is 14.1 Å². The molecule has 4 nitrogen and oxygen atoms in total. The molecule has 0 aromatic heterocycles. The molecular formula is C22H36I4N3OV-. The molecule has 0 aliphatic carbocycles. The van der Waals surface area contributed by atoms with E-state index in [2.05, 4.69) is 139 Å². The first kappa shape index (κ1) is 37.6.